The lowest BCUT2D eigenvalue weighted by Crippen LogP contribution is -2.42. The monoisotopic (exact) mass is 425 g/mol. The van der Waals surface area contributed by atoms with Crippen LogP contribution in [0.3, 0.4) is 0 Å². The lowest BCUT2D eigenvalue weighted by atomic mass is 10.2. The predicted molar refractivity (Wildman–Crippen MR) is 97.2 cm³/mol. The van der Waals surface area contributed by atoms with E-state index in [-0.39, 0.29) is 35.5 Å². The minimum Gasteiger partial charge on any atom is -0.491 e. The molecule has 1 aliphatic heterocycles. The highest BCUT2D eigenvalue weighted by molar-refractivity contribution is 14.0. The Hall–Kier alpha value is -0.700. The molecule has 4 nitrogen and oxygen atoms in total. The number of thioether (sulfide) groups is 1. The number of hydrogen-bond donors (Lipinski definition) is 1. The summed E-state index contributed by atoms with van der Waals surface area (Å²) in [7, 11) is 0. The molecule has 1 fully saturated rings. The van der Waals surface area contributed by atoms with Gasteiger partial charge in [-0.1, -0.05) is 6.07 Å². The number of ether oxygens (including phenoxy) is 1. The minimum absolute atomic E-state index is 0. The van der Waals surface area contributed by atoms with E-state index in [1.165, 1.54) is 6.07 Å². The molecule has 0 aromatic heterocycles. The minimum atomic E-state index is -0.354. The standard InChI is InChI=1S/C14H20FN3OS.HI/c1-2-19-13-4-3-11(9-12(13)15)10-17-14(16)18-5-7-20-8-6-18;/h3-4,9H,2,5-8,10H2,1H3,(H2,16,17);1H. The number of benzene rings is 1. The first-order valence-corrected chi connectivity index (χ1v) is 7.90. The van der Waals surface area contributed by atoms with Crippen LogP contribution in [0, 0.1) is 5.82 Å². The third kappa shape index (κ3) is 5.54. The summed E-state index contributed by atoms with van der Waals surface area (Å²) in [6.45, 7) is 4.53. The topological polar surface area (TPSA) is 50.9 Å². The average molecular weight is 425 g/mol. The number of aliphatic imine (C=N–C) groups is 1. The van der Waals surface area contributed by atoms with Crippen molar-refractivity contribution >= 4 is 41.7 Å². The summed E-state index contributed by atoms with van der Waals surface area (Å²) < 4.78 is 18.9. The Kier molecular flexibility index (Phi) is 8.16. The SMILES string of the molecule is CCOc1ccc(CN=C(N)N2CCSCC2)cc1F.I. The fourth-order valence-electron chi connectivity index (χ4n) is 1.98. The lowest BCUT2D eigenvalue weighted by Gasteiger charge is -2.27. The number of nitrogens with two attached hydrogens (primary N) is 1. The second-order valence-electron chi connectivity index (χ2n) is 4.47. The van der Waals surface area contributed by atoms with Crippen molar-refractivity contribution in [1.82, 2.24) is 4.90 Å². The van der Waals surface area contributed by atoms with Crippen molar-refractivity contribution in [2.24, 2.45) is 10.7 Å². The zero-order valence-corrected chi connectivity index (χ0v) is 15.2. The molecule has 1 aromatic rings. The third-order valence-electron chi connectivity index (χ3n) is 3.05. The fraction of sp³-hybridized carbons (Fsp3) is 0.500. The molecule has 0 spiro atoms. The maximum Gasteiger partial charge on any atom is 0.191 e. The second-order valence-corrected chi connectivity index (χ2v) is 5.70. The number of halogens is 2. The smallest absolute Gasteiger partial charge is 0.191 e. The van der Waals surface area contributed by atoms with Gasteiger partial charge in [0.05, 0.1) is 13.2 Å². The van der Waals surface area contributed by atoms with E-state index in [1.54, 1.807) is 6.07 Å². The van der Waals surface area contributed by atoms with Crippen LogP contribution in [0.2, 0.25) is 0 Å². The summed E-state index contributed by atoms with van der Waals surface area (Å²) in [6, 6.07) is 4.90. The Morgan fingerprint density at radius 3 is 2.76 bits per heavy atom. The van der Waals surface area contributed by atoms with E-state index in [0.717, 1.165) is 30.2 Å². The van der Waals surface area contributed by atoms with E-state index in [1.807, 2.05) is 24.8 Å². The molecule has 1 aliphatic rings. The van der Waals surface area contributed by atoms with E-state index < -0.39 is 0 Å². The van der Waals surface area contributed by atoms with Gasteiger partial charge in [0.2, 0.25) is 0 Å². The molecular formula is C14H21FIN3OS. The highest BCUT2D eigenvalue weighted by atomic mass is 127. The molecule has 21 heavy (non-hydrogen) atoms. The van der Waals surface area contributed by atoms with Gasteiger partial charge >= 0.3 is 0 Å². The van der Waals surface area contributed by atoms with Crippen LogP contribution >= 0.6 is 35.7 Å². The van der Waals surface area contributed by atoms with Gasteiger partial charge in [0, 0.05) is 24.6 Å². The Bertz CT molecular complexity index is 481. The van der Waals surface area contributed by atoms with Crippen LogP contribution < -0.4 is 10.5 Å². The van der Waals surface area contributed by atoms with Crippen LogP contribution in [-0.2, 0) is 6.54 Å². The van der Waals surface area contributed by atoms with Gasteiger partial charge < -0.3 is 15.4 Å². The van der Waals surface area contributed by atoms with Gasteiger partial charge in [-0.15, -0.1) is 24.0 Å². The molecule has 2 rings (SSSR count). The van der Waals surface area contributed by atoms with Crippen LogP contribution in [0.25, 0.3) is 0 Å². The molecule has 0 unspecified atom stereocenters. The summed E-state index contributed by atoms with van der Waals surface area (Å²) in [5, 5.41) is 0. The first-order chi connectivity index (χ1) is 9.70. The van der Waals surface area contributed by atoms with Crippen molar-refractivity contribution in [3.8, 4) is 5.75 Å². The Morgan fingerprint density at radius 2 is 2.14 bits per heavy atom. The maximum atomic E-state index is 13.7. The molecular weight excluding hydrogens is 404 g/mol. The maximum absolute atomic E-state index is 13.7. The molecule has 0 radical (unpaired) electrons. The number of rotatable bonds is 4. The molecule has 2 N–H and O–H groups in total. The van der Waals surface area contributed by atoms with E-state index >= 15 is 0 Å². The Labute approximate surface area is 146 Å². The van der Waals surface area contributed by atoms with E-state index in [2.05, 4.69) is 9.89 Å². The largest absolute Gasteiger partial charge is 0.491 e. The van der Waals surface area contributed by atoms with Gasteiger partial charge in [-0.2, -0.15) is 11.8 Å². The molecule has 1 aromatic carbocycles. The molecule has 0 amide bonds. The first-order valence-electron chi connectivity index (χ1n) is 6.74. The molecule has 0 aliphatic carbocycles. The molecule has 0 saturated carbocycles. The number of nitrogens with zero attached hydrogens (tertiary/aromatic N) is 2. The summed E-state index contributed by atoms with van der Waals surface area (Å²) in [5.74, 6) is 2.62. The van der Waals surface area contributed by atoms with Crippen LogP contribution in [0.15, 0.2) is 23.2 Å². The summed E-state index contributed by atoms with van der Waals surface area (Å²) >= 11 is 1.92. The van der Waals surface area contributed by atoms with Gasteiger partial charge in [-0.25, -0.2) is 9.38 Å². The van der Waals surface area contributed by atoms with Gasteiger partial charge in [0.25, 0.3) is 0 Å². The van der Waals surface area contributed by atoms with E-state index in [9.17, 15) is 4.39 Å². The number of guanidine groups is 1. The van der Waals surface area contributed by atoms with Crippen molar-refractivity contribution in [1.29, 1.82) is 0 Å². The van der Waals surface area contributed by atoms with Crippen LogP contribution in [-0.4, -0.2) is 42.1 Å². The van der Waals surface area contributed by atoms with Crippen LogP contribution in [0.1, 0.15) is 12.5 Å². The summed E-state index contributed by atoms with van der Waals surface area (Å²) in [4.78, 5) is 6.41. The quantitative estimate of drug-likeness (QED) is 0.458. The number of hydrogen-bond acceptors (Lipinski definition) is 3. The van der Waals surface area contributed by atoms with Crippen molar-refractivity contribution < 1.29 is 9.13 Å². The second kappa shape index (κ2) is 9.34. The van der Waals surface area contributed by atoms with Gasteiger partial charge in [0.1, 0.15) is 0 Å². The molecule has 7 heteroatoms. The van der Waals surface area contributed by atoms with Crippen molar-refractivity contribution in [3.05, 3.63) is 29.6 Å². The molecule has 0 atom stereocenters. The van der Waals surface area contributed by atoms with Crippen molar-refractivity contribution in [2.45, 2.75) is 13.5 Å². The summed E-state index contributed by atoms with van der Waals surface area (Å²) in [6.07, 6.45) is 0. The highest BCUT2D eigenvalue weighted by Gasteiger charge is 2.12. The molecule has 1 heterocycles. The van der Waals surface area contributed by atoms with Crippen molar-refractivity contribution in [3.63, 3.8) is 0 Å². The van der Waals surface area contributed by atoms with Gasteiger partial charge in [-0.05, 0) is 24.6 Å². The van der Waals surface area contributed by atoms with Gasteiger partial charge in [-0.3, -0.25) is 0 Å². The molecule has 118 valence electrons. The third-order valence-corrected chi connectivity index (χ3v) is 4.00. The highest BCUT2D eigenvalue weighted by Crippen LogP contribution is 2.18. The Morgan fingerprint density at radius 1 is 1.43 bits per heavy atom. The van der Waals surface area contributed by atoms with Gasteiger partial charge in [0.15, 0.2) is 17.5 Å². The average Bonchev–Trinajstić information content (AvgIpc) is 2.48. The molecule has 1 saturated heterocycles. The summed E-state index contributed by atoms with van der Waals surface area (Å²) in [5.41, 5.74) is 6.75. The first kappa shape index (κ1) is 18.3. The van der Waals surface area contributed by atoms with E-state index in [4.69, 9.17) is 10.5 Å². The fourth-order valence-corrected chi connectivity index (χ4v) is 2.88. The molecule has 0 bridgehead atoms. The van der Waals surface area contributed by atoms with Crippen LogP contribution in [0.5, 0.6) is 5.75 Å². The predicted octanol–water partition coefficient (Wildman–Crippen LogP) is 2.71. The normalized spacial score (nSPS) is 15.5. The van der Waals surface area contributed by atoms with E-state index in [0.29, 0.717) is 19.1 Å². The zero-order valence-electron chi connectivity index (χ0n) is 12.0. The zero-order chi connectivity index (χ0) is 14.4. The van der Waals surface area contributed by atoms with Crippen molar-refractivity contribution in [2.75, 3.05) is 31.2 Å². The van der Waals surface area contributed by atoms with Crippen LogP contribution in [0.4, 0.5) is 4.39 Å². The Balaban J connectivity index is 0.00000220. The lowest BCUT2D eigenvalue weighted by molar-refractivity contribution is 0.321.